The van der Waals surface area contributed by atoms with E-state index in [1.165, 1.54) is 36.0 Å². The molecule has 0 saturated heterocycles. The summed E-state index contributed by atoms with van der Waals surface area (Å²) in [6.07, 6.45) is -3.45. The monoisotopic (exact) mass is 719 g/mol. The molecular weight excluding hydrogens is 675 g/mol. The highest BCUT2D eigenvalue weighted by atomic mass is 19.4. The zero-order valence-electron chi connectivity index (χ0n) is 30.2. The standard InChI is InChI=1S/C40H44F3N3O6/c1-25-15-20-33(45(6)38(50)51-24-32-30-13-9-7-11-28(30)29-12-8-10-14-31(29)32)37(49)46(22-25)34(21-26-16-18-27(19-17-26)40(41,42)43)36(48)44(5)23-35(47)52-39(2,3)4/h7-19,32-34H,20-24H2,1-6H3/t33-,34-/m0/s1. The van der Waals surface area contributed by atoms with Gasteiger partial charge in [-0.25, -0.2) is 4.79 Å². The molecule has 1 heterocycles. The van der Waals surface area contributed by atoms with Gasteiger partial charge in [0.1, 0.15) is 30.8 Å². The lowest BCUT2D eigenvalue weighted by Crippen LogP contribution is -2.57. The lowest BCUT2D eigenvalue weighted by atomic mass is 9.98. The number of amides is 3. The first-order chi connectivity index (χ1) is 24.4. The van der Waals surface area contributed by atoms with Crippen LogP contribution in [0, 0.1) is 0 Å². The Labute approximate surface area is 302 Å². The Bertz CT molecular complexity index is 1800. The molecule has 0 radical (unpaired) electrons. The zero-order valence-corrected chi connectivity index (χ0v) is 30.2. The Morgan fingerprint density at radius 2 is 1.48 bits per heavy atom. The largest absolute Gasteiger partial charge is 0.459 e. The Kier molecular flexibility index (Phi) is 11.2. The van der Waals surface area contributed by atoms with E-state index in [1.54, 1.807) is 27.7 Å². The van der Waals surface area contributed by atoms with E-state index in [1.807, 2.05) is 54.6 Å². The number of nitrogens with zero attached hydrogens (tertiary/aromatic N) is 3. The molecule has 0 aromatic heterocycles. The van der Waals surface area contributed by atoms with Crippen molar-refractivity contribution >= 4 is 23.9 Å². The molecular formula is C40H44F3N3O6. The molecule has 0 spiro atoms. The normalized spacial score (nSPS) is 16.6. The molecule has 3 aromatic rings. The van der Waals surface area contributed by atoms with Crippen molar-refractivity contribution in [1.29, 1.82) is 0 Å². The number of ether oxygens (including phenoxy) is 2. The maximum Gasteiger partial charge on any atom is 0.416 e. The fraction of sp³-hybridized carbons (Fsp3) is 0.400. The van der Waals surface area contributed by atoms with E-state index in [0.717, 1.165) is 44.9 Å². The van der Waals surface area contributed by atoms with Crippen molar-refractivity contribution in [2.45, 2.75) is 70.3 Å². The number of likely N-dealkylation sites (N-methyl/N-ethyl adjacent to an activating group) is 2. The van der Waals surface area contributed by atoms with Gasteiger partial charge in [0.2, 0.25) is 11.8 Å². The summed E-state index contributed by atoms with van der Waals surface area (Å²) in [5.74, 6) is -2.02. The van der Waals surface area contributed by atoms with Crippen LogP contribution in [0.15, 0.2) is 84.4 Å². The minimum atomic E-state index is -4.55. The van der Waals surface area contributed by atoms with E-state index in [9.17, 15) is 32.3 Å². The van der Waals surface area contributed by atoms with Crippen LogP contribution in [0.1, 0.15) is 62.3 Å². The highest BCUT2D eigenvalue weighted by Gasteiger charge is 2.40. The van der Waals surface area contributed by atoms with Crippen LogP contribution in [0.25, 0.3) is 11.1 Å². The topological polar surface area (TPSA) is 96.5 Å². The van der Waals surface area contributed by atoms with Crippen LogP contribution in [0.5, 0.6) is 0 Å². The molecule has 3 aromatic carbocycles. The highest BCUT2D eigenvalue weighted by molar-refractivity contribution is 5.93. The molecule has 276 valence electrons. The molecule has 0 bridgehead atoms. The maximum atomic E-state index is 14.4. The highest BCUT2D eigenvalue weighted by Crippen LogP contribution is 2.44. The number of carbonyl (C=O) groups is 4. The second-order valence-corrected chi connectivity index (χ2v) is 14.4. The van der Waals surface area contributed by atoms with Crippen molar-refractivity contribution in [2.24, 2.45) is 0 Å². The minimum absolute atomic E-state index is 0.0190. The van der Waals surface area contributed by atoms with Gasteiger partial charge in [-0.15, -0.1) is 0 Å². The van der Waals surface area contributed by atoms with Crippen LogP contribution >= 0.6 is 0 Å². The van der Waals surface area contributed by atoms with Crippen LogP contribution in [0.4, 0.5) is 18.0 Å². The maximum absolute atomic E-state index is 14.4. The third-order valence-electron chi connectivity index (χ3n) is 9.30. The number of benzene rings is 3. The summed E-state index contributed by atoms with van der Waals surface area (Å²) < 4.78 is 51.2. The lowest BCUT2D eigenvalue weighted by molar-refractivity contribution is -0.159. The fourth-order valence-corrected chi connectivity index (χ4v) is 6.71. The quantitative estimate of drug-likeness (QED) is 0.178. The Balaban J connectivity index is 1.38. The summed E-state index contributed by atoms with van der Waals surface area (Å²) in [5.41, 5.74) is 3.68. The summed E-state index contributed by atoms with van der Waals surface area (Å²) in [7, 11) is 2.87. The zero-order chi connectivity index (χ0) is 38.0. The van der Waals surface area contributed by atoms with Crippen LogP contribution in [-0.2, 0) is 36.5 Å². The van der Waals surface area contributed by atoms with Crippen LogP contribution in [0.3, 0.4) is 0 Å². The van der Waals surface area contributed by atoms with E-state index in [0.29, 0.717) is 5.56 Å². The number of halogens is 3. The van der Waals surface area contributed by atoms with E-state index in [4.69, 9.17) is 9.47 Å². The molecule has 1 aliphatic heterocycles. The van der Waals surface area contributed by atoms with Crippen LogP contribution in [-0.4, -0.2) is 90.1 Å². The summed E-state index contributed by atoms with van der Waals surface area (Å²) in [6, 6.07) is 18.0. The first kappa shape index (κ1) is 38.1. The van der Waals surface area contributed by atoms with Gasteiger partial charge in [0.25, 0.3) is 0 Å². The molecule has 0 fully saturated rings. The number of carbonyl (C=O) groups excluding carboxylic acids is 4. The Morgan fingerprint density at radius 1 is 0.904 bits per heavy atom. The van der Waals surface area contributed by atoms with Gasteiger partial charge in [-0.05, 0) is 74.1 Å². The van der Waals surface area contributed by atoms with Crippen molar-refractivity contribution in [3.63, 3.8) is 0 Å². The van der Waals surface area contributed by atoms with E-state index >= 15 is 0 Å². The third kappa shape index (κ3) is 8.66. The molecule has 2 aliphatic rings. The van der Waals surface area contributed by atoms with E-state index < -0.39 is 59.8 Å². The molecule has 9 nitrogen and oxygen atoms in total. The first-order valence-corrected chi connectivity index (χ1v) is 17.1. The molecule has 2 atom stereocenters. The third-order valence-corrected chi connectivity index (χ3v) is 9.30. The van der Waals surface area contributed by atoms with Gasteiger partial charge in [-0.3, -0.25) is 19.3 Å². The van der Waals surface area contributed by atoms with Gasteiger partial charge in [0, 0.05) is 33.0 Å². The molecule has 0 saturated carbocycles. The van der Waals surface area contributed by atoms with Crippen molar-refractivity contribution in [3.8, 4) is 11.1 Å². The van der Waals surface area contributed by atoms with E-state index in [-0.39, 0.29) is 31.9 Å². The van der Waals surface area contributed by atoms with Crippen molar-refractivity contribution in [1.82, 2.24) is 14.7 Å². The second-order valence-electron chi connectivity index (χ2n) is 14.4. The van der Waals surface area contributed by atoms with Crippen molar-refractivity contribution < 1.29 is 41.8 Å². The predicted molar refractivity (Wildman–Crippen MR) is 189 cm³/mol. The predicted octanol–water partition coefficient (Wildman–Crippen LogP) is 6.84. The minimum Gasteiger partial charge on any atom is -0.459 e. The molecule has 0 unspecified atom stereocenters. The van der Waals surface area contributed by atoms with Gasteiger partial charge < -0.3 is 19.3 Å². The molecule has 0 N–H and O–H groups in total. The number of fused-ring (bicyclic) bond motifs is 3. The fourth-order valence-electron chi connectivity index (χ4n) is 6.71. The first-order valence-electron chi connectivity index (χ1n) is 17.1. The second kappa shape index (κ2) is 15.2. The average molecular weight is 720 g/mol. The molecule has 52 heavy (non-hydrogen) atoms. The number of alkyl halides is 3. The van der Waals surface area contributed by atoms with Gasteiger partial charge in [-0.2, -0.15) is 13.2 Å². The van der Waals surface area contributed by atoms with Crippen molar-refractivity contribution in [2.75, 3.05) is 33.8 Å². The summed E-state index contributed by atoms with van der Waals surface area (Å²) in [4.78, 5) is 58.5. The summed E-state index contributed by atoms with van der Waals surface area (Å²) in [6.45, 7) is 6.51. The number of rotatable bonds is 9. The average Bonchev–Trinajstić information content (AvgIpc) is 3.32. The summed E-state index contributed by atoms with van der Waals surface area (Å²) >= 11 is 0. The van der Waals surface area contributed by atoms with E-state index in [2.05, 4.69) is 0 Å². The Hall–Kier alpha value is -5.13. The lowest BCUT2D eigenvalue weighted by Gasteiger charge is -2.36. The van der Waals surface area contributed by atoms with Gasteiger partial charge >= 0.3 is 18.2 Å². The van der Waals surface area contributed by atoms with Crippen LogP contribution < -0.4 is 0 Å². The van der Waals surface area contributed by atoms with Crippen LogP contribution in [0.2, 0.25) is 0 Å². The number of esters is 1. The molecule has 12 heteroatoms. The SMILES string of the molecule is CC1=CC[C@H](N(C)C(=O)OCC2c3ccccc3-c3ccccc32)C(=O)N([C@@H](Cc2ccc(C(F)(F)F)cc2)C(=O)N(C)CC(=O)OC(C)(C)C)C1. The smallest absolute Gasteiger partial charge is 0.416 e. The Morgan fingerprint density at radius 3 is 2.04 bits per heavy atom. The van der Waals surface area contributed by atoms with Gasteiger partial charge in [-0.1, -0.05) is 72.3 Å². The van der Waals surface area contributed by atoms with Gasteiger partial charge in [0.05, 0.1) is 5.56 Å². The number of hydrogen-bond acceptors (Lipinski definition) is 6. The van der Waals surface area contributed by atoms with Crippen molar-refractivity contribution in [3.05, 3.63) is 107 Å². The molecule has 3 amide bonds. The molecule has 1 aliphatic carbocycles. The van der Waals surface area contributed by atoms with Gasteiger partial charge in [0.15, 0.2) is 0 Å². The molecule has 5 rings (SSSR count). The summed E-state index contributed by atoms with van der Waals surface area (Å²) in [5, 5.41) is 0. The number of hydrogen-bond donors (Lipinski definition) is 0.